The maximum atomic E-state index is 12.1. The van der Waals surface area contributed by atoms with Crippen molar-refractivity contribution >= 4 is 17.5 Å². The SMILES string of the molecule is CC(C)(NC(=O)CCOc1ccccc1)c1ccc(Cl)cc1. The fourth-order valence-corrected chi connectivity index (χ4v) is 2.25. The van der Waals surface area contributed by atoms with E-state index in [0.717, 1.165) is 11.3 Å². The maximum Gasteiger partial charge on any atom is 0.224 e. The van der Waals surface area contributed by atoms with Crippen LogP contribution in [0.3, 0.4) is 0 Å². The minimum Gasteiger partial charge on any atom is -0.493 e. The van der Waals surface area contributed by atoms with Crippen LogP contribution in [-0.4, -0.2) is 12.5 Å². The second-order valence-corrected chi connectivity index (χ2v) is 6.03. The van der Waals surface area contributed by atoms with Gasteiger partial charge < -0.3 is 10.1 Å². The van der Waals surface area contributed by atoms with Crippen LogP contribution in [0.4, 0.5) is 0 Å². The summed E-state index contributed by atoms with van der Waals surface area (Å²) in [6.45, 7) is 4.28. The lowest BCUT2D eigenvalue weighted by Crippen LogP contribution is -2.41. The Morgan fingerprint density at radius 1 is 1.09 bits per heavy atom. The van der Waals surface area contributed by atoms with Crippen LogP contribution >= 0.6 is 11.6 Å². The fraction of sp³-hybridized carbons (Fsp3) is 0.278. The van der Waals surface area contributed by atoms with Gasteiger partial charge in [0.15, 0.2) is 0 Å². The van der Waals surface area contributed by atoms with Crippen LogP contribution in [0.5, 0.6) is 5.75 Å². The topological polar surface area (TPSA) is 38.3 Å². The van der Waals surface area contributed by atoms with Gasteiger partial charge in [-0.15, -0.1) is 0 Å². The lowest BCUT2D eigenvalue weighted by Gasteiger charge is -2.27. The summed E-state index contributed by atoms with van der Waals surface area (Å²) < 4.78 is 5.53. The van der Waals surface area contributed by atoms with E-state index in [9.17, 15) is 4.79 Å². The first-order valence-corrected chi connectivity index (χ1v) is 7.60. The van der Waals surface area contributed by atoms with Crippen molar-refractivity contribution in [2.75, 3.05) is 6.61 Å². The molecule has 0 atom stereocenters. The monoisotopic (exact) mass is 317 g/mol. The molecule has 0 bridgehead atoms. The smallest absolute Gasteiger partial charge is 0.224 e. The molecule has 0 saturated carbocycles. The molecule has 0 aliphatic rings. The Labute approximate surface area is 136 Å². The number of amides is 1. The van der Waals surface area contributed by atoms with Gasteiger partial charge >= 0.3 is 0 Å². The summed E-state index contributed by atoms with van der Waals surface area (Å²) in [5.74, 6) is 0.725. The predicted octanol–water partition coefficient (Wildman–Crippen LogP) is 4.16. The zero-order valence-electron chi connectivity index (χ0n) is 12.8. The average molecular weight is 318 g/mol. The predicted molar refractivity (Wildman–Crippen MR) is 89.2 cm³/mol. The van der Waals surface area contributed by atoms with Crippen LogP contribution in [-0.2, 0) is 10.3 Å². The number of carbonyl (C=O) groups excluding carboxylic acids is 1. The Bertz CT molecular complexity index is 609. The van der Waals surface area contributed by atoms with Gasteiger partial charge in [0.2, 0.25) is 5.91 Å². The Morgan fingerprint density at radius 3 is 2.36 bits per heavy atom. The highest BCUT2D eigenvalue weighted by molar-refractivity contribution is 6.30. The van der Waals surface area contributed by atoms with E-state index in [-0.39, 0.29) is 5.91 Å². The molecule has 2 aromatic carbocycles. The third kappa shape index (κ3) is 4.78. The van der Waals surface area contributed by atoms with Gasteiger partial charge in [-0.1, -0.05) is 41.9 Å². The summed E-state index contributed by atoms with van der Waals surface area (Å²) in [4.78, 5) is 12.1. The van der Waals surface area contributed by atoms with Crippen LogP contribution in [0.25, 0.3) is 0 Å². The van der Waals surface area contributed by atoms with Gasteiger partial charge in [-0.25, -0.2) is 0 Å². The zero-order valence-corrected chi connectivity index (χ0v) is 13.6. The Morgan fingerprint density at radius 2 is 1.73 bits per heavy atom. The quantitative estimate of drug-likeness (QED) is 0.868. The van der Waals surface area contributed by atoms with Crippen LogP contribution in [0.2, 0.25) is 5.02 Å². The van der Waals surface area contributed by atoms with E-state index in [4.69, 9.17) is 16.3 Å². The number of benzene rings is 2. The molecule has 0 aromatic heterocycles. The second kappa shape index (κ2) is 7.32. The first-order chi connectivity index (χ1) is 10.5. The number of hydrogen-bond donors (Lipinski definition) is 1. The van der Waals surface area contributed by atoms with Crippen molar-refractivity contribution in [3.63, 3.8) is 0 Å². The molecule has 0 saturated heterocycles. The largest absolute Gasteiger partial charge is 0.493 e. The lowest BCUT2D eigenvalue weighted by atomic mass is 9.94. The van der Waals surface area contributed by atoms with Crippen molar-refractivity contribution in [3.05, 3.63) is 65.2 Å². The van der Waals surface area contributed by atoms with Crippen molar-refractivity contribution in [1.82, 2.24) is 5.32 Å². The Balaban J connectivity index is 1.84. The number of nitrogens with one attached hydrogen (secondary N) is 1. The van der Waals surface area contributed by atoms with Crippen molar-refractivity contribution in [2.24, 2.45) is 0 Å². The van der Waals surface area contributed by atoms with E-state index in [1.807, 2.05) is 68.4 Å². The molecule has 22 heavy (non-hydrogen) atoms. The molecule has 3 nitrogen and oxygen atoms in total. The number of rotatable bonds is 6. The van der Waals surface area contributed by atoms with Gasteiger partial charge in [-0.3, -0.25) is 4.79 Å². The Kier molecular flexibility index (Phi) is 5.45. The molecule has 0 heterocycles. The third-order valence-electron chi connectivity index (χ3n) is 3.36. The van der Waals surface area contributed by atoms with E-state index in [2.05, 4.69) is 5.32 Å². The van der Waals surface area contributed by atoms with Gasteiger partial charge in [-0.2, -0.15) is 0 Å². The van der Waals surface area contributed by atoms with Crippen LogP contribution in [0, 0.1) is 0 Å². The summed E-state index contributed by atoms with van der Waals surface area (Å²) in [7, 11) is 0. The number of carbonyl (C=O) groups is 1. The summed E-state index contributed by atoms with van der Waals surface area (Å²) in [6, 6.07) is 17.0. The molecule has 0 radical (unpaired) electrons. The molecule has 0 aliphatic heterocycles. The highest BCUT2D eigenvalue weighted by Crippen LogP contribution is 2.22. The number of ether oxygens (including phenoxy) is 1. The molecule has 1 amide bonds. The van der Waals surface area contributed by atoms with Gasteiger partial charge in [0.05, 0.1) is 18.6 Å². The zero-order chi connectivity index (χ0) is 16.0. The molecule has 2 aromatic rings. The summed E-state index contributed by atoms with van der Waals surface area (Å²) >= 11 is 5.89. The highest BCUT2D eigenvalue weighted by atomic mass is 35.5. The molecule has 0 spiro atoms. The summed E-state index contributed by atoms with van der Waals surface area (Å²) in [6.07, 6.45) is 0.311. The molecule has 4 heteroatoms. The fourth-order valence-electron chi connectivity index (χ4n) is 2.13. The molecular formula is C18H20ClNO2. The number of hydrogen-bond acceptors (Lipinski definition) is 2. The van der Waals surface area contributed by atoms with Gasteiger partial charge in [0, 0.05) is 5.02 Å². The van der Waals surface area contributed by atoms with E-state index in [1.165, 1.54) is 0 Å². The van der Waals surface area contributed by atoms with Crippen molar-refractivity contribution in [3.8, 4) is 5.75 Å². The molecule has 116 valence electrons. The Hall–Kier alpha value is -2.00. The standard InChI is InChI=1S/C18H20ClNO2/c1-18(2,14-8-10-15(19)11-9-14)20-17(21)12-13-22-16-6-4-3-5-7-16/h3-11H,12-13H2,1-2H3,(H,20,21). The molecule has 1 N–H and O–H groups in total. The third-order valence-corrected chi connectivity index (χ3v) is 3.61. The van der Waals surface area contributed by atoms with Gasteiger partial charge in [-0.05, 0) is 43.7 Å². The van der Waals surface area contributed by atoms with Crippen molar-refractivity contribution < 1.29 is 9.53 Å². The van der Waals surface area contributed by atoms with Gasteiger partial charge in [0.1, 0.15) is 5.75 Å². The first kappa shape index (κ1) is 16.4. The van der Waals surface area contributed by atoms with E-state index in [0.29, 0.717) is 18.1 Å². The minimum absolute atomic E-state index is 0.0455. The van der Waals surface area contributed by atoms with Crippen LogP contribution in [0.1, 0.15) is 25.8 Å². The highest BCUT2D eigenvalue weighted by Gasteiger charge is 2.22. The van der Waals surface area contributed by atoms with Crippen LogP contribution < -0.4 is 10.1 Å². The van der Waals surface area contributed by atoms with E-state index in [1.54, 1.807) is 0 Å². The summed E-state index contributed by atoms with van der Waals surface area (Å²) in [5.41, 5.74) is 0.559. The molecular weight excluding hydrogens is 298 g/mol. The number of halogens is 1. The number of para-hydroxylation sites is 1. The average Bonchev–Trinajstić information content (AvgIpc) is 2.48. The first-order valence-electron chi connectivity index (χ1n) is 7.22. The van der Waals surface area contributed by atoms with Crippen LogP contribution in [0.15, 0.2) is 54.6 Å². The minimum atomic E-state index is -0.450. The van der Waals surface area contributed by atoms with E-state index < -0.39 is 5.54 Å². The molecule has 0 fully saturated rings. The maximum absolute atomic E-state index is 12.1. The second-order valence-electron chi connectivity index (χ2n) is 5.59. The normalized spacial score (nSPS) is 11.0. The molecule has 0 aliphatic carbocycles. The van der Waals surface area contributed by atoms with Crippen molar-refractivity contribution in [2.45, 2.75) is 25.8 Å². The molecule has 2 rings (SSSR count). The van der Waals surface area contributed by atoms with Gasteiger partial charge in [0.25, 0.3) is 0 Å². The van der Waals surface area contributed by atoms with Crippen molar-refractivity contribution in [1.29, 1.82) is 0 Å². The molecule has 0 unspecified atom stereocenters. The summed E-state index contributed by atoms with van der Waals surface area (Å²) in [5, 5.41) is 3.70. The van der Waals surface area contributed by atoms with E-state index >= 15 is 0 Å². The lowest BCUT2D eigenvalue weighted by molar-refractivity contribution is -0.123.